The van der Waals surface area contributed by atoms with Crippen LogP contribution >= 0.6 is 11.6 Å². The van der Waals surface area contributed by atoms with Gasteiger partial charge in [0.05, 0.1) is 11.5 Å². The first-order chi connectivity index (χ1) is 15.3. The molecule has 0 radical (unpaired) electrons. The summed E-state index contributed by atoms with van der Waals surface area (Å²) < 4.78 is 28.2. The molecule has 0 aliphatic carbocycles. The molecule has 3 aromatic carbocycles. The summed E-state index contributed by atoms with van der Waals surface area (Å²) in [6, 6.07) is 22.3. The van der Waals surface area contributed by atoms with E-state index in [1.54, 1.807) is 43.4 Å². The van der Waals surface area contributed by atoms with Gasteiger partial charge in [-0.2, -0.15) is 4.31 Å². The van der Waals surface area contributed by atoms with Crippen LogP contribution in [0.25, 0.3) is 0 Å². The van der Waals surface area contributed by atoms with Crippen LogP contribution in [-0.2, 0) is 23.1 Å². The Kier molecular flexibility index (Phi) is 8.04. The molecule has 0 spiro atoms. The fraction of sp³-hybridized carbons (Fsp3) is 0.208. The van der Waals surface area contributed by atoms with Crippen molar-refractivity contribution < 1.29 is 18.3 Å². The van der Waals surface area contributed by atoms with E-state index < -0.39 is 10.0 Å². The number of benzene rings is 3. The molecular weight excluding hydrogens is 448 g/mol. The second-order valence-electron chi connectivity index (χ2n) is 7.36. The number of aliphatic hydroxyl groups excluding tert-OH is 1. The van der Waals surface area contributed by atoms with Crippen molar-refractivity contribution in [2.45, 2.75) is 18.0 Å². The Morgan fingerprint density at radius 2 is 1.44 bits per heavy atom. The summed E-state index contributed by atoms with van der Waals surface area (Å²) in [5.74, 6) is -0.208. The molecule has 6 nitrogen and oxygen atoms in total. The maximum absolute atomic E-state index is 13.4. The van der Waals surface area contributed by atoms with E-state index in [0.717, 1.165) is 11.1 Å². The number of hydrogen-bond acceptors (Lipinski definition) is 4. The highest BCUT2D eigenvalue weighted by Gasteiger charge is 2.25. The smallest absolute Gasteiger partial charge is 0.253 e. The minimum absolute atomic E-state index is 0.114. The van der Waals surface area contributed by atoms with Crippen molar-refractivity contribution in [2.75, 3.05) is 20.2 Å². The zero-order valence-corrected chi connectivity index (χ0v) is 19.3. The average molecular weight is 473 g/mol. The van der Waals surface area contributed by atoms with Crippen molar-refractivity contribution in [3.8, 4) is 0 Å². The molecule has 8 heteroatoms. The minimum Gasteiger partial charge on any atom is -0.395 e. The predicted molar refractivity (Wildman–Crippen MR) is 125 cm³/mol. The summed E-state index contributed by atoms with van der Waals surface area (Å²) >= 11 is 5.93. The Morgan fingerprint density at radius 1 is 0.875 bits per heavy atom. The van der Waals surface area contributed by atoms with Crippen molar-refractivity contribution in [1.29, 1.82) is 0 Å². The normalized spacial score (nSPS) is 11.5. The molecule has 1 amide bonds. The molecule has 0 bridgehead atoms. The van der Waals surface area contributed by atoms with E-state index in [2.05, 4.69) is 0 Å². The van der Waals surface area contributed by atoms with Gasteiger partial charge < -0.3 is 10.0 Å². The molecule has 1 N–H and O–H groups in total. The fourth-order valence-corrected chi connectivity index (χ4v) is 4.74. The first kappa shape index (κ1) is 23.9. The Balaban J connectivity index is 1.87. The SMILES string of the molecule is CN(CCO)C(=O)c1ccc(CN(Cc2ccccc2)S(=O)(=O)c2ccc(Cl)cc2)cc1. The number of carbonyl (C=O) groups excluding carboxylic acids is 1. The van der Waals surface area contributed by atoms with Crippen LogP contribution in [0.15, 0.2) is 83.8 Å². The molecule has 168 valence electrons. The molecule has 0 unspecified atom stereocenters. The van der Waals surface area contributed by atoms with Crippen LogP contribution in [0.2, 0.25) is 5.02 Å². The summed E-state index contributed by atoms with van der Waals surface area (Å²) in [6.07, 6.45) is 0. The van der Waals surface area contributed by atoms with Gasteiger partial charge in [0.1, 0.15) is 0 Å². The summed E-state index contributed by atoms with van der Waals surface area (Å²) in [6.45, 7) is 0.467. The largest absolute Gasteiger partial charge is 0.395 e. The van der Waals surface area contributed by atoms with Crippen LogP contribution in [0.3, 0.4) is 0 Å². The van der Waals surface area contributed by atoms with Gasteiger partial charge in [0.15, 0.2) is 0 Å². The minimum atomic E-state index is -3.79. The molecule has 0 aliphatic heterocycles. The Labute approximate surface area is 193 Å². The highest BCUT2D eigenvalue weighted by molar-refractivity contribution is 7.89. The number of nitrogens with zero attached hydrogens (tertiary/aromatic N) is 2. The van der Waals surface area contributed by atoms with Gasteiger partial charge in [-0.15, -0.1) is 0 Å². The van der Waals surface area contributed by atoms with Crippen molar-refractivity contribution in [3.63, 3.8) is 0 Å². The lowest BCUT2D eigenvalue weighted by Gasteiger charge is -2.23. The van der Waals surface area contributed by atoms with Crippen LogP contribution in [0.4, 0.5) is 0 Å². The quantitative estimate of drug-likeness (QED) is 0.514. The van der Waals surface area contributed by atoms with Gasteiger partial charge in [0.2, 0.25) is 10.0 Å². The van der Waals surface area contributed by atoms with E-state index in [-0.39, 0.29) is 37.0 Å². The molecule has 0 saturated carbocycles. The molecule has 0 saturated heterocycles. The third-order valence-electron chi connectivity index (χ3n) is 5.00. The average Bonchev–Trinajstić information content (AvgIpc) is 2.80. The third kappa shape index (κ3) is 5.95. The highest BCUT2D eigenvalue weighted by atomic mass is 35.5. The van der Waals surface area contributed by atoms with E-state index in [9.17, 15) is 13.2 Å². The summed E-state index contributed by atoms with van der Waals surface area (Å²) in [7, 11) is -2.17. The van der Waals surface area contributed by atoms with Crippen molar-refractivity contribution in [1.82, 2.24) is 9.21 Å². The molecule has 3 aromatic rings. The number of likely N-dealkylation sites (N-methyl/N-ethyl adjacent to an activating group) is 1. The summed E-state index contributed by atoms with van der Waals surface area (Å²) in [5.41, 5.74) is 2.09. The van der Waals surface area contributed by atoms with E-state index in [4.69, 9.17) is 16.7 Å². The van der Waals surface area contributed by atoms with E-state index in [1.165, 1.54) is 21.3 Å². The molecule has 0 atom stereocenters. The molecule has 0 heterocycles. The van der Waals surface area contributed by atoms with E-state index in [0.29, 0.717) is 10.6 Å². The summed E-state index contributed by atoms with van der Waals surface area (Å²) in [4.78, 5) is 14.0. The molecule has 0 fully saturated rings. The van der Waals surface area contributed by atoms with Gasteiger partial charge in [0.25, 0.3) is 5.91 Å². The van der Waals surface area contributed by atoms with Gasteiger partial charge in [-0.25, -0.2) is 8.42 Å². The number of rotatable bonds is 9. The standard InChI is InChI=1S/C24H25ClN2O4S/c1-26(15-16-28)24(29)21-9-7-20(8-10-21)18-27(17-19-5-3-2-4-6-19)32(30,31)23-13-11-22(25)12-14-23/h2-14,28H,15-18H2,1H3. The van der Waals surface area contributed by atoms with Crippen molar-refractivity contribution in [3.05, 3.63) is 101 Å². The zero-order valence-electron chi connectivity index (χ0n) is 17.7. The van der Waals surface area contributed by atoms with Gasteiger partial charge in [-0.1, -0.05) is 54.1 Å². The second kappa shape index (κ2) is 10.7. The molecule has 32 heavy (non-hydrogen) atoms. The lowest BCUT2D eigenvalue weighted by Crippen LogP contribution is -2.30. The molecule has 0 aromatic heterocycles. The number of carbonyl (C=O) groups is 1. The third-order valence-corrected chi connectivity index (χ3v) is 7.05. The van der Waals surface area contributed by atoms with Crippen molar-refractivity contribution >= 4 is 27.5 Å². The predicted octanol–water partition coefficient (Wildman–Crippen LogP) is 3.80. The fourth-order valence-electron chi connectivity index (χ4n) is 3.20. The van der Waals surface area contributed by atoms with Crippen molar-refractivity contribution in [2.24, 2.45) is 0 Å². The topological polar surface area (TPSA) is 77.9 Å². The number of amides is 1. The van der Waals surface area contributed by atoms with E-state index in [1.807, 2.05) is 30.3 Å². The number of sulfonamides is 1. The van der Waals surface area contributed by atoms with Crippen LogP contribution < -0.4 is 0 Å². The maximum Gasteiger partial charge on any atom is 0.253 e. The number of hydrogen-bond donors (Lipinski definition) is 1. The summed E-state index contributed by atoms with van der Waals surface area (Å²) in [5, 5.41) is 9.48. The molecule has 0 aliphatic rings. The second-order valence-corrected chi connectivity index (χ2v) is 9.73. The van der Waals surface area contributed by atoms with Gasteiger partial charge in [-0.05, 0) is 47.5 Å². The first-order valence-corrected chi connectivity index (χ1v) is 11.9. The Hall–Kier alpha value is -2.71. The van der Waals surface area contributed by atoms with Gasteiger partial charge >= 0.3 is 0 Å². The van der Waals surface area contributed by atoms with Crippen LogP contribution in [0, 0.1) is 0 Å². The van der Waals surface area contributed by atoms with Gasteiger partial charge in [0, 0.05) is 37.3 Å². The van der Waals surface area contributed by atoms with Gasteiger partial charge in [-0.3, -0.25) is 4.79 Å². The lowest BCUT2D eigenvalue weighted by atomic mass is 10.1. The first-order valence-electron chi connectivity index (χ1n) is 10.1. The Morgan fingerprint density at radius 3 is 2.00 bits per heavy atom. The molecule has 3 rings (SSSR count). The zero-order chi connectivity index (χ0) is 23.1. The van der Waals surface area contributed by atoms with E-state index >= 15 is 0 Å². The Bertz CT molecular complexity index is 1130. The van der Waals surface area contributed by atoms with Crippen LogP contribution in [0.1, 0.15) is 21.5 Å². The number of aliphatic hydroxyl groups is 1. The maximum atomic E-state index is 13.4. The highest BCUT2D eigenvalue weighted by Crippen LogP contribution is 2.23. The monoisotopic (exact) mass is 472 g/mol. The lowest BCUT2D eigenvalue weighted by molar-refractivity contribution is 0.0767. The van der Waals surface area contributed by atoms with Crippen LogP contribution in [-0.4, -0.2) is 48.8 Å². The molecular formula is C24H25ClN2O4S. The number of halogens is 1. The van der Waals surface area contributed by atoms with Crippen LogP contribution in [0.5, 0.6) is 0 Å².